The van der Waals surface area contributed by atoms with E-state index in [1.165, 1.54) is 6.92 Å². The predicted octanol–water partition coefficient (Wildman–Crippen LogP) is 0.861. The normalized spacial score (nSPS) is 21.4. The second-order valence-corrected chi connectivity index (χ2v) is 7.30. The number of nitrogens with one attached hydrogen (secondary N) is 1. The molecule has 1 unspecified atom stereocenters. The summed E-state index contributed by atoms with van der Waals surface area (Å²) in [6.07, 6.45) is -1.33. The van der Waals surface area contributed by atoms with Gasteiger partial charge < -0.3 is 20.1 Å². The molecule has 0 spiro atoms. The lowest BCUT2D eigenvalue weighted by Gasteiger charge is -2.26. The van der Waals surface area contributed by atoms with E-state index in [0.717, 1.165) is 17.0 Å². The Labute approximate surface area is 173 Å². The van der Waals surface area contributed by atoms with Crippen LogP contribution in [0.25, 0.3) is 0 Å². The molecule has 0 saturated carbocycles. The Morgan fingerprint density at radius 1 is 1.30 bits per heavy atom. The highest BCUT2D eigenvalue weighted by atomic mass is 19.1. The predicted molar refractivity (Wildman–Crippen MR) is 104 cm³/mol. The Kier molecular flexibility index (Phi) is 7.06. The Hall–Kier alpha value is -2.50. The van der Waals surface area contributed by atoms with Crippen LogP contribution < -0.4 is 15.1 Å². The number of cyclic esters (lactones) is 1. The third-order valence-corrected chi connectivity index (χ3v) is 5.05. The van der Waals surface area contributed by atoms with Gasteiger partial charge >= 0.3 is 6.09 Å². The number of hydrogen-bond acceptors (Lipinski definition) is 7. The van der Waals surface area contributed by atoms with Crippen LogP contribution in [-0.2, 0) is 14.4 Å². The van der Waals surface area contributed by atoms with Gasteiger partial charge in [0.15, 0.2) is 11.6 Å². The number of nitrogens with zero attached hydrogens (tertiary/aromatic N) is 3. The number of carbonyl (C=O) groups excluding carboxylic acids is 2. The number of hydrogen-bond donors (Lipinski definition) is 2. The van der Waals surface area contributed by atoms with Gasteiger partial charge in [-0.1, -0.05) is 0 Å². The molecule has 9 nitrogen and oxygen atoms in total. The van der Waals surface area contributed by atoms with Gasteiger partial charge in [-0.3, -0.25) is 14.5 Å². The lowest BCUT2D eigenvalue weighted by molar-refractivity contribution is -0.179. The number of benzene rings is 1. The van der Waals surface area contributed by atoms with Crippen LogP contribution in [0.15, 0.2) is 12.1 Å². The average Bonchev–Trinajstić information content (AvgIpc) is 2.90. The number of anilines is 2. The number of aliphatic hydroxyl groups excluding tert-OH is 1. The third-order valence-electron chi connectivity index (χ3n) is 5.05. The molecule has 2 heterocycles. The minimum absolute atomic E-state index is 0.0469. The molecule has 2 N–H and O–H groups in total. The molecule has 11 heteroatoms. The summed E-state index contributed by atoms with van der Waals surface area (Å²) in [5, 5.41) is 13.4. The zero-order valence-electron chi connectivity index (χ0n) is 16.9. The van der Waals surface area contributed by atoms with Gasteiger partial charge in [0, 0.05) is 38.7 Å². The summed E-state index contributed by atoms with van der Waals surface area (Å²) in [7, 11) is 0. The van der Waals surface area contributed by atoms with Crippen LogP contribution in [0.2, 0.25) is 0 Å². The first kappa shape index (κ1) is 22.2. The van der Waals surface area contributed by atoms with Crippen molar-refractivity contribution < 1.29 is 33.1 Å². The van der Waals surface area contributed by atoms with Gasteiger partial charge in [0.2, 0.25) is 5.91 Å². The van der Waals surface area contributed by atoms with E-state index in [1.54, 1.807) is 16.9 Å². The molecule has 3 rings (SSSR count). The van der Waals surface area contributed by atoms with Gasteiger partial charge in [0.05, 0.1) is 38.0 Å². The molecule has 2 amide bonds. The zero-order chi connectivity index (χ0) is 21.8. The fourth-order valence-electron chi connectivity index (χ4n) is 3.43. The summed E-state index contributed by atoms with van der Waals surface area (Å²) in [4.78, 5) is 31.3. The largest absolute Gasteiger partial charge is 0.442 e. The molecule has 0 aliphatic carbocycles. The molecular weight excluding hydrogens is 402 g/mol. The van der Waals surface area contributed by atoms with Crippen LogP contribution in [-0.4, -0.2) is 80.3 Å². The monoisotopic (exact) mass is 428 g/mol. The third kappa shape index (κ3) is 4.97. The van der Waals surface area contributed by atoms with E-state index >= 15 is 0 Å². The van der Waals surface area contributed by atoms with Crippen LogP contribution >= 0.6 is 0 Å². The van der Waals surface area contributed by atoms with Gasteiger partial charge in [-0.05, 0) is 6.92 Å². The Morgan fingerprint density at radius 2 is 2.00 bits per heavy atom. The van der Waals surface area contributed by atoms with Gasteiger partial charge in [-0.2, -0.15) is 5.06 Å². The highest BCUT2D eigenvalue weighted by Crippen LogP contribution is 2.31. The Balaban J connectivity index is 1.73. The maximum atomic E-state index is 14.9. The summed E-state index contributed by atoms with van der Waals surface area (Å²) in [5.74, 6) is -1.86. The first-order valence-corrected chi connectivity index (χ1v) is 9.77. The number of amides is 2. The molecular formula is C19H26F2N4O5. The quantitative estimate of drug-likeness (QED) is 0.694. The number of halogens is 2. The molecule has 2 fully saturated rings. The number of hydroxylamine groups is 2. The molecule has 0 bridgehead atoms. The van der Waals surface area contributed by atoms with Crippen molar-refractivity contribution >= 4 is 23.4 Å². The van der Waals surface area contributed by atoms with Crippen molar-refractivity contribution in [2.45, 2.75) is 26.0 Å². The van der Waals surface area contributed by atoms with Crippen molar-refractivity contribution in [1.82, 2.24) is 10.4 Å². The van der Waals surface area contributed by atoms with Gasteiger partial charge in [0.25, 0.3) is 0 Å². The van der Waals surface area contributed by atoms with Crippen molar-refractivity contribution in [2.75, 3.05) is 55.7 Å². The summed E-state index contributed by atoms with van der Waals surface area (Å²) in [6.45, 7) is 4.40. The molecule has 2 saturated heterocycles. The zero-order valence-corrected chi connectivity index (χ0v) is 16.9. The van der Waals surface area contributed by atoms with Crippen molar-refractivity contribution in [1.29, 1.82) is 0 Å². The summed E-state index contributed by atoms with van der Waals surface area (Å²) >= 11 is 0. The second-order valence-electron chi connectivity index (χ2n) is 7.30. The van der Waals surface area contributed by atoms with E-state index in [0.29, 0.717) is 13.1 Å². The Morgan fingerprint density at radius 3 is 2.63 bits per heavy atom. The molecule has 2 aliphatic heterocycles. The maximum Gasteiger partial charge on any atom is 0.414 e. The first-order chi connectivity index (χ1) is 14.3. The van der Waals surface area contributed by atoms with E-state index in [9.17, 15) is 23.5 Å². The van der Waals surface area contributed by atoms with Crippen molar-refractivity contribution in [3.05, 3.63) is 23.8 Å². The second kappa shape index (κ2) is 9.54. The standard InChI is InChI=1S/C19H26F2N4O5/c1-12(11-26)25-4-3-23(5-6-29-25)18-16(20)7-14(8-17(18)21)24-10-15(30-19(24)28)9-22-13(2)27/h7-8,12,15,26H,3-6,9-11H2,1-2H3,(H,22,27)/t12?,15-/m0/s1. The molecule has 0 radical (unpaired) electrons. The fraction of sp³-hybridized carbons (Fsp3) is 0.579. The maximum absolute atomic E-state index is 14.9. The van der Waals surface area contributed by atoms with Crippen LogP contribution in [0.3, 0.4) is 0 Å². The summed E-state index contributed by atoms with van der Waals surface area (Å²) < 4.78 is 34.9. The van der Waals surface area contributed by atoms with E-state index in [1.807, 2.05) is 0 Å². The molecule has 30 heavy (non-hydrogen) atoms. The molecule has 1 aromatic rings. The van der Waals surface area contributed by atoms with Gasteiger partial charge in [-0.15, -0.1) is 0 Å². The molecule has 2 atom stereocenters. The minimum Gasteiger partial charge on any atom is -0.442 e. The Bertz CT molecular complexity index is 773. The van der Waals surface area contributed by atoms with Crippen LogP contribution in [0.4, 0.5) is 25.0 Å². The topological polar surface area (TPSA) is 94.6 Å². The first-order valence-electron chi connectivity index (χ1n) is 9.77. The van der Waals surface area contributed by atoms with E-state index in [-0.39, 0.29) is 56.2 Å². The molecule has 2 aliphatic rings. The summed E-state index contributed by atoms with van der Waals surface area (Å²) in [5.41, 5.74) is -0.145. The number of rotatable bonds is 6. The number of carbonyl (C=O) groups is 2. The van der Waals surface area contributed by atoms with Crippen LogP contribution in [0.1, 0.15) is 13.8 Å². The average molecular weight is 428 g/mol. The van der Waals surface area contributed by atoms with Crippen LogP contribution in [0.5, 0.6) is 0 Å². The SMILES string of the molecule is CC(=O)NC[C@H]1CN(c2cc(F)c(N3CCON(C(C)CO)CC3)c(F)c2)C(=O)O1. The lowest BCUT2D eigenvalue weighted by atomic mass is 10.2. The summed E-state index contributed by atoms with van der Waals surface area (Å²) in [6, 6.07) is 1.97. The van der Waals surface area contributed by atoms with Crippen LogP contribution in [0, 0.1) is 11.6 Å². The fourth-order valence-corrected chi connectivity index (χ4v) is 3.43. The van der Waals surface area contributed by atoms with Crippen molar-refractivity contribution in [3.63, 3.8) is 0 Å². The highest BCUT2D eigenvalue weighted by Gasteiger charge is 2.34. The minimum atomic E-state index is -0.799. The molecule has 166 valence electrons. The number of aliphatic hydroxyl groups is 1. The smallest absolute Gasteiger partial charge is 0.414 e. The van der Waals surface area contributed by atoms with Crippen molar-refractivity contribution in [2.24, 2.45) is 0 Å². The van der Waals surface area contributed by atoms with E-state index in [4.69, 9.17) is 9.57 Å². The van der Waals surface area contributed by atoms with E-state index < -0.39 is 23.8 Å². The molecule has 1 aromatic carbocycles. The van der Waals surface area contributed by atoms with Gasteiger partial charge in [0.1, 0.15) is 11.8 Å². The molecule has 0 aromatic heterocycles. The lowest BCUT2D eigenvalue weighted by Crippen LogP contribution is -2.38. The van der Waals surface area contributed by atoms with E-state index in [2.05, 4.69) is 5.32 Å². The highest BCUT2D eigenvalue weighted by molar-refractivity contribution is 5.90. The van der Waals surface area contributed by atoms with Gasteiger partial charge in [-0.25, -0.2) is 13.6 Å². The van der Waals surface area contributed by atoms with Crippen molar-refractivity contribution in [3.8, 4) is 0 Å². The number of ether oxygens (including phenoxy) is 1.